The van der Waals surface area contributed by atoms with Crippen LogP contribution in [0.25, 0.3) is 0 Å². The topological polar surface area (TPSA) is 89.5 Å². The molecular formula is C18H27NO5S2. The third-order valence-electron chi connectivity index (χ3n) is 5.45. The maximum Gasteiger partial charge on any atom is 0.183 e. The molecule has 8 heteroatoms. The fourth-order valence-electron chi connectivity index (χ4n) is 4.05. The summed E-state index contributed by atoms with van der Waals surface area (Å²) in [7, 11) is -5.60. The first-order valence-corrected chi connectivity index (χ1v) is 12.4. The third-order valence-corrected chi connectivity index (χ3v) is 9.60. The average Bonchev–Trinajstić information content (AvgIpc) is 2.90. The van der Waals surface area contributed by atoms with E-state index in [1.54, 1.807) is 19.1 Å². The van der Waals surface area contributed by atoms with Crippen LogP contribution in [0.15, 0.2) is 23.1 Å². The van der Waals surface area contributed by atoms with Gasteiger partial charge >= 0.3 is 0 Å². The van der Waals surface area contributed by atoms with Gasteiger partial charge < -0.3 is 10.1 Å². The maximum atomic E-state index is 13.2. The lowest BCUT2D eigenvalue weighted by molar-refractivity contribution is 0.345. The van der Waals surface area contributed by atoms with Gasteiger partial charge in [0, 0.05) is 12.1 Å². The van der Waals surface area contributed by atoms with Crippen LogP contribution in [0.2, 0.25) is 0 Å². The summed E-state index contributed by atoms with van der Waals surface area (Å²) >= 11 is 0. The van der Waals surface area contributed by atoms with Crippen LogP contribution in [0.1, 0.15) is 37.7 Å². The monoisotopic (exact) mass is 401 g/mol. The molecule has 0 amide bonds. The van der Waals surface area contributed by atoms with E-state index < -0.39 is 31.0 Å². The Hall–Kier alpha value is -1.12. The van der Waals surface area contributed by atoms with Crippen molar-refractivity contribution in [2.45, 2.75) is 61.3 Å². The fourth-order valence-corrected chi connectivity index (χ4v) is 8.81. The van der Waals surface area contributed by atoms with Crippen LogP contribution in [-0.4, -0.2) is 52.8 Å². The summed E-state index contributed by atoms with van der Waals surface area (Å²) in [6, 6.07) is 4.35. The van der Waals surface area contributed by atoms with Crippen LogP contribution in [0.3, 0.4) is 0 Å². The highest BCUT2D eigenvalue weighted by molar-refractivity contribution is 7.96. The van der Waals surface area contributed by atoms with Gasteiger partial charge in [0.1, 0.15) is 5.75 Å². The zero-order valence-electron chi connectivity index (χ0n) is 15.3. The molecule has 1 saturated carbocycles. The molecule has 1 aliphatic heterocycles. The van der Waals surface area contributed by atoms with Crippen LogP contribution in [-0.2, 0) is 19.7 Å². The van der Waals surface area contributed by atoms with Gasteiger partial charge in [0.25, 0.3) is 0 Å². The van der Waals surface area contributed by atoms with Crippen molar-refractivity contribution in [3.05, 3.63) is 23.8 Å². The lowest BCUT2D eigenvalue weighted by atomic mass is 9.95. The average molecular weight is 402 g/mol. The summed E-state index contributed by atoms with van der Waals surface area (Å²) < 4.78 is 56.0. The Kier molecular flexibility index (Phi) is 5.65. The molecular weight excluding hydrogens is 374 g/mol. The Labute approximate surface area is 156 Å². The Balaban J connectivity index is 1.88. The van der Waals surface area contributed by atoms with E-state index >= 15 is 0 Å². The number of hydrogen-bond donors (Lipinski definition) is 1. The molecule has 2 aliphatic rings. The minimum absolute atomic E-state index is 0.109. The van der Waals surface area contributed by atoms with Gasteiger partial charge in [-0.2, -0.15) is 0 Å². The first-order valence-electron chi connectivity index (χ1n) is 9.08. The fraction of sp³-hybridized carbons (Fsp3) is 0.667. The molecule has 0 spiro atoms. The Bertz CT molecular complexity index is 858. The molecule has 2 fully saturated rings. The molecule has 0 bridgehead atoms. The minimum Gasteiger partial charge on any atom is -0.496 e. The number of ether oxygens (including phenoxy) is 1. The smallest absolute Gasteiger partial charge is 0.183 e. The molecule has 6 nitrogen and oxygen atoms in total. The van der Waals surface area contributed by atoms with Gasteiger partial charge in [0.2, 0.25) is 0 Å². The van der Waals surface area contributed by atoms with E-state index in [2.05, 4.69) is 5.32 Å². The third kappa shape index (κ3) is 4.07. The lowest BCUT2D eigenvalue weighted by Crippen LogP contribution is -2.48. The van der Waals surface area contributed by atoms with Crippen molar-refractivity contribution in [3.63, 3.8) is 0 Å². The highest BCUT2D eigenvalue weighted by Crippen LogP contribution is 2.30. The van der Waals surface area contributed by atoms with Crippen LogP contribution in [0.5, 0.6) is 5.75 Å². The molecule has 2 atom stereocenters. The number of benzene rings is 1. The number of hydrogen-bond acceptors (Lipinski definition) is 6. The molecule has 0 radical (unpaired) electrons. The van der Waals surface area contributed by atoms with Crippen molar-refractivity contribution in [2.24, 2.45) is 0 Å². The van der Waals surface area contributed by atoms with Crippen molar-refractivity contribution in [3.8, 4) is 5.75 Å². The van der Waals surface area contributed by atoms with Gasteiger partial charge in [-0.15, -0.1) is 0 Å². The molecule has 0 aromatic heterocycles. The van der Waals surface area contributed by atoms with Crippen LogP contribution in [0, 0.1) is 6.92 Å². The summed E-state index contributed by atoms with van der Waals surface area (Å²) in [6.07, 6.45) is 5.35. The molecule has 1 aromatic rings. The standard InChI is InChI=1S/C18H27NO5S2/c1-13-10-15(8-9-17(13)24-2)26(22,23)18-12-25(20,21)11-16(18)19-14-6-4-3-5-7-14/h8-10,14,16,18-19H,3-7,11-12H2,1-2H3. The van der Waals surface area contributed by atoms with Gasteiger partial charge in [-0.25, -0.2) is 16.8 Å². The van der Waals surface area contributed by atoms with E-state index in [1.807, 2.05) is 0 Å². The van der Waals surface area contributed by atoms with E-state index in [0.29, 0.717) is 11.3 Å². The summed E-state index contributed by atoms with van der Waals surface area (Å²) in [5.41, 5.74) is 0.714. The molecule has 1 aliphatic carbocycles. The normalized spacial score (nSPS) is 26.7. The second-order valence-corrected chi connectivity index (χ2v) is 11.7. The Morgan fingerprint density at radius 3 is 2.42 bits per heavy atom. The number of methoxy groups -OCH3 is 1. The van der Waals surface area contributed by atoms with Gasteiger partial charge in [-0.3, -0.25) is 0 Å². The second kappa shape index (κ2) is 7.48. The largest absolute Gasteiger partial charge is 0.496 e. The minimum atomic E-state index is -3.75. The molecule has 1 N–H and O–H groups in total. The zero-order chi connectivity index (χ0) is 18.9. The van der Waals surface area contributed by atoms with E-state index in [4.69, 9.17) is 4.74 Å². The zero-order valence-corrected chi connectivity index (χ0v) is 16.9. The van der Waals surface area contributed by atoms with E-state index in [-0.39, 0.29) is 22.4 Å². The molecule has 146 valence electrons. The van der Waals surface area contributed by atoms with E-state index in [9.17, 15) is 16.8 Å². The van der Waals surface area contributed by atoms with Gasteiger partial charge in [0.15, 0.2) is 19.7 Å². The van der Waals surface area contributed by atoms with Crippen molar-refractivity contribution in [1.82, 2.24) is 5.32 Å². The highest BCUT2D eigenvalue weighted by atomic mass is 32.2. The molecule has 1 saturated heterocycles. The number of nitrogens with one attached hydrogen (secondary N) is 1. The maximum absolute atomic E-state index is 13.2. The predicted molar refractivity (Wildman–Crippen MR) is 101 cm³/mol. The van der Waals surface area contributed by atoms with Gasteiger partial charge in [-0.05, 0) is 43.5 Å². The van der Waals surface area contributed by atoms with E-state index in [1.165, 1.54) is 19.6 Å². The molecule has 2 unspecified atom stereocenters. The number of aryl methyl sites for hydroxylation is 1. The molecule has 1 heterocycles. The van der Waals surface area contributed by atoms with Crippen molar-refractivity contribution >= 4 is 19.7 Å². The van der Waals surface area contributed by atoms with Crippen molar-refractivity contribution < 1.29 is 21.6 Å². The summed E-state index contributed by atoms with van der Waals surface area (Å²) in [6.45, 7) is 1.78. The van der Waals surface area contributed by atoms with Gasteiger partial charge in [-0.1, -0.05) is 19.3 Å². The molecule has 26 heavy (non-hydrogen) atoms. The Morgan fingerprint density at radius 1 is 1.12 bits per heavy atom. The summed E-state index contributed by atoms with van der Waals surface area (Å²) in [5, 5.41) is 2.41. The first kappa shape index (κ1) is 19.6. The summed E-state index contributed by atoms with van der Waals surface area (Å²) in [5.74, 6) is 0.188. The quantitative estimate of drug-likeness (QED) is 0.810. The second-order valence-electron chi connectivity index (χ2n) is 7.40. The lowest BCUT2D eigenvalue weighted by Gasteiger charge is -2.28. The van der Waals surface area contributed by atoms with Crippen molar-refractivity contribution in [1.29, 1.82) is 0 Å². The predicted octanol–water partition coefficient (Wildman–Crippen LogP) is 1.87. The number of rotatable bonds is 5. The van der Waals surface area contributed by atoms with Crippen LogP contribution in [0.4, 0.5) is 0 Å². The highest BCUT2D eigenvalue weighted by Gasteiger charge is 2.46. The number of sulfone groups is 2. The van der Waals surface area contributed by atoms with E-state index in [0.717, 1.165) is 25.7 Å². The van der Waals surface area contributed by atoms with Gasteiger partial charge in [0.05, 0.1) is 28.8 Å². The SMILES string of the molecule is COc1ccc(S(=O)(=O)C2CS(=O)(=O)CC2NC2CCCCC2)cc1C. The molecule has 1 aromatic carbocycles. The van der Waals surface area contributed by atoms with Crippen LogP contribution >= 0.6 is 0 Å². The Morgan fingerprint density at radius 2 is 1.81 bits per heavy atom. The summed E-state index contributed by atoms with van der Waals surface area (Å²) in [4.78, 5) is 0.161. The first-order chi connectivity index (χ1) is 12.2. The van der Waals surface area contributed by atoms with Crippen LogP contribution < -0.4 is 10.1 Å². The molecule has 3 rings (SSSR count). The van der Waals surface area contributed by atoms with Crippen molar-refractivity contribution in [2.75, 3.05) is 18.6 Å².